The number of piperidine rings is 1. The summed E-state index contributed by atoms with van der Waals surface area (Å²) in [5.74, 6) is 0.952. The van der Waals surface area contributed by atoms with Gasteiger partial charge in [-0.1, -0.05) is 11.6 Å². The topological polar surface area (TPSA) is 42.4 Å². The van der Waals surface area contributed by atoms with Gasteiger partial charge in [-0.3, -0.25) is 4.79 Å². The Morgan fingerprint density at radius 2 is 1.96 bits per heavy atom. The van der Waals surface area contributed by atoms with Gasteiger partial charge in [0.25, 0.3) is 0 Å². The molecule has 0 spiro atoms. The quantitative estimate of drug-likeness (QED) is 0.806. The van der Waals surface area contributed by atoms with E-state index in [1.54, 1.807) is 11.3 Å². The van der Waals surface area contributed by atoms with E-state index in [1.165, 1.54) is 9.71 Å². The van der Waals surface area contributed by atoms with Crippen LogP contribution in [0.4, 0.5) is 0 Å². The maximum atomic E-state index is 12.6. The van der Waals surface area contributed by atoms with Crippen LogP contribution in [-0.2, 0) is 9.53 Å². The minimum atomic E-state index is 0.167. The van der Waals surface area contributed by atoms with Crippen LogP contribution in [0.15, 0.2) is 18.2 Å². The van der Waals surface area contributed by atoms with Crippen LogP contribution in [0, 0.1) is 5.92 Å². The summed E-state index contributed by atoms with van der Waals surface area (Å²) in [5, 5.41) is 1.92. The van der Waals surface area contributed by atoms with E-state index < -0.39 is 0 Å². The molecule has 0 unspecified atom stereocenters. The van der Waals surface area contributed by atoms with Gasteiger partial charge in [-0.2, -0.15) is 0 Å². The van der Waals surface area contributed by atoms with E-state index in [9.17, 15) is 4.79 Å². The standard InChI is InChI=1S/C18H21ClN2O2S/c19-14-1-2-16-15(11-14)20-17(24-16)12-3-7-21(8-4-12)18(22)13-5-9-23-10-6-13/h1-2,11-13H,3-10H2. The molecule has 1 aromatic carbocycles. The summed E-state index contributed by atoms with van der Waals surface area (Å²) in [6.07, 6.45) is 3.75. The SMILES string of the molecule is O=C(C1CCOCC1)N1CCC(c2nc3cc(Cl)ccc3s2)CC1. The van der Waals surface area contributed by atoms with Crippen LogP contribution in [0.5, 0.6) is 0 Å². The fraction of sp³-hybridized carbons (Fsp3) is 0.556. The van der Waals surface area contributed by atoms with Gasteiger partial charge in [0.15, 0.2) is 0 Å². The van der Waals surface area contributed by atoms with E-state index in [0.29, 0.717) is 11.8 Å². The molecule has 2 aliphatic heterocycles. The number of carbonyl (C=O) groups is 1. The minimum Gasteiger partial charge on any atom is -0.381 e. The molecule has 1 amide bonds. The molecule has 24 heavy (non-hydrogen) atoms. The number of nitrogens with zero attached hydrogens (tertiary/aromatic N) is 2. The zero-order valence-electron chi connectivity index (χ0n) is 13.5. The number of hydrogen-bond acceptors (Lipinski definition) is 4. The van der Waals surface area contributed by atoms with Gasteiger partial charge in [0, 0.05) is 43.2 Å². The first kappa shape index (κ1) is 16.3. The highest BCUT2D eigenvalue weighted by Crippen LogP contribution is 2.35. The van der Waals surface area contributed by atoms with Crippen molar-refractivity contribution in [1.82, 2.24) is 9.88 Å². The van der Waals surface area contributed by atoms with Gasteiger partial charge in [-0.05, 0) is 43.9 Å². The number of benzene rings is 1. The Hall–Kier alpha value is -1.17. The Labute approximate surface area is 150 Å². The second-order valence-corrected chi connectivity index (χ2v) is 8.15. The predicted octanol–water partition coefficient (Wildman–Crippen LogP) is 4.08. The summed E-state index contributed by atoms with van der Waals surface area (Å²) >= 11 is 7.81. The van der Waals surface area contributed by atoms with E-state index in [0.717, 1.165) is 62.5 Å². The van der Waals surface area contributed by atoms with Gasteiger partial charge < -0.3 is 9.64 Å². The highest BCUT2D eigenvalue weighted by atomic mass is 35.5. The van der Waals surface area contributed by atoms with Crippen LogP contribution in [0.25, 0.3) is 10.2 Å². The van der Waals surface area contributed by atoms with Crippen molar-refractivity contribution in [2.75, 3.05) is 26.3 Å². The Kier molecular flexibility index (Phi) is 4.74. The predicted molar refractivity (Wildman–Crippen MR) is 96.7 cm³/mol. The first-order valence-electron chi connectivity index (χ1n) is 8.63. The number of amides is 1. The molecule has 128 valence electrons. The summed E-state index contributed by atoms with van der Waals surface area (Å²) < 4.78 is 6.55. The molecule has 2 aromatic rings. The molecule has 6 heteroatoms. The molecule has 4 rings (SSSR count). The molecule has 2 saturated heterocycles. The van der Waals surface area contributed by atoms with Crippen LogP contribution in [0.1, 0.15) is 36.6 Å². The Bertz CT molecular complexity index is 734. The van der Waals surface area contributed by atoms with Gasteiger partial charge in [-0.15, -0.1) is 11.3 Å². The van der Waals surface area contributed by atoms with E-state index in [1.807, 2.05) is 18.2 Å². The first-order valence-corrected chi connectivity index (χ1v) is 9.82. The van der Waals surface area contributed by atoms with Crippen molar-refractivity contribution in [3.63, 3.8) is 0 Å². The number of likely N-dealkylation sites (tertiary alicyclic amines) is 1. The fourth-order valence-electron chi connectivity index (χ4n) is 3.64. The number of thiazole rings is 1. The van der Waals surface area contributed by atoms with Crippen molar-refractivity contribution in [3.05, 3.63) is 28.2 Å². The summed E-state index contributed by atoms with van der Waals surface area (Å²) in [7, 11) is 0. The minimum absolute atomic E-state index is 0.167. The lowest BCUT2D eigenvalue weighted by Gasteiger charge is -2.34. The number of aromatic nitrogens is 1. The van der Waals surface area contributed by atoms with Crippen molar-refractivity contribution in [1.29, 1.82) is 0 Å². The molecular weight excluding hydrogens is 344 g/mol. The lowest BCUT2D eigenvalue weighted by molar-refractivity contribution is -0.139. The molecule has 4 nitrogen and oxygen atoms in total. The average Bonchev–Trinajstić information content (AvgIpc) is 3.05. The third-order valence-corrected chi connectivity index (χ3v) is 6.53. The monoisotopic (exact) mass is 364 g/mol. The molecule has 0 bridgehead atoms. The number of carbonyl (C=O) groups excluding carboxylic acids is 1. The first-order chi connectivity index (χ1) is 11.7. The Morgan fingerprint density at radius 3 is 2.71 bits per heavy atom. The third-order valence-electron chi connectivity index (χ3n) is 5.09. The van der Waals surface area contributed by atoms with Crippen LogP contribution >= 0.6 is 22.9 Å². The van der Waals surface area contributed by atoms with Gasteiger partial charge >= 0.3 is 0 Å². The molecular formula is C18H21ClN2O2S. The Balaban J connectivity index is 1.40. The van der Waals surface area contributed by atoms with E-state index >= 15 is 0 Å². The van der Waals surface area contributed by atoms with Crippen molar-refractivity contribution in [2.45, 2.75) is 31.6 Å². The van der Waals surface area contributed by atoms with Gasteiger partial charge in [0.05, 0.1) is 15.2 Å². The van der Waals surface area contributed by atoms with E-state index in [4.69, 9.17) is 21.3 Å². The lowest BCUT2D eigenvalue weighted by atomic mass is 9.94. The lowest BCUT2D eigenvalue weighted by Crippen LogP contribution is -2.42. The van der Waals surface area contributed by atoms with Crippen LogP contribution < -0.4 is 0 Å². The Morgan fingerprint density at radius 1 is 1.21 bits per heavy atom. The molecule has 1 aromatic heterocycles. The maximum Gasteiger partial charge on any atom is 0.225 e. The number of halogens is 1. The third kappa shape index (κ3) is 3.30. The van der Waals surface area contributed by atoms with Crippen molar-refractivity contribution >= 4 is 39.1 Å². The van der Waals surface area contributed by atoms with Crippen molar-refractivity contribution < 1.29 is 9.53 Å². The smallest absolute Gasteiger partial charge is 0.225 e. The second kappa shape index (κ2) is 6.98. The molecule has 2 aliphatic rings. The van der Waals surface area contributed by atoms with E-state index in [-0.39, 0.29) is 5.92 Å². The van der Waals surface area contributed by atoms with E-state index in [2.05, 4.69) is 4.90 Å². The maximum absolute atomic E-state index is 12.6. The highest BCUT2D eigenvalue weighted by Gasteiger charge is 2.30. The second-order valence-electron chi connectivity index (χ2n) is 6.65. The van der Waals surface area contributed by atoms with Gasteiger partial charge in [-0.25, -0.2) is 4.98 Å². The summed E-state index contributed by atoms with van der Waals surface area (Å²) in [4.78, 5) is 19.4. The van der Waals surface area contributed by atoms with Gasteiger partial charge in [0.2, 0.25) is 5.91 Å². The van der Waals surface area contributed by atoms with Crippen LogP contribution in [0.2, 0.25) is 5.02 Å². The van der Waals surface area contributed by atoms with Gasteiger partial charge in [0.1, 0.15) is 0 Å². The molecule has 3 heterocycles. The van der Waals surface area contributed by atoms with Crippen molar-refractivity contribution in [3.8, 4) is 0 Å². The normalized spacial score (nSPS) is 20.6. The highest BCUT2D eigenvalue weighted by molar-refractivity contribution is 7.18. The molecule has 0 atom stereocenters. The fourth-order valence-corrected chi connectivity index (χ4v) is 4.93. The largest absolute Gasteiger partial charge is 0.381 e. The molecule has 0 radical (unpaired) electrons. The summed E-state index contributed by atoms with van der Waals surface area (Å²) in [6.45, 7) is 3.14. The average molecular weight is 365 g/mol. The summed E-state index contributed by atoms with van der Waals surface area (Å²) in [5.41, 5.74) is 0.989. The number of hydrogen-bond donors (Lipinski definition) is 0. The molecule has 0 N–H and O–H groups in total. The molecule has 0 aliphatic carbocycles. The molecule has 2 fully saturated rings. The zero-order valence-corrected chi connectivity index (χ0v) is 15.1. The molecule has 0 saturated carbocycles. The number of rotatable bonds is 2. The van der Waals surface area contributed by atoms with Crippen molar-refractivity contribution in [2.24, 2.45) is 5.92 Å². The number of ether oxygens (including phenoxy) is 1. The van der Waals surface area contributed by atoms with Crippen LogP contribution in [-0.4, -0.2) is 42.1 Å². The zero-order chi connectivity index (χ0) is 16.5. The summed E-state index contributed by atoms with van der Waals surface area (Å²) in [6, 6.07) is 5.89. The van der Waals surface area contributed by atoms with Crippen LogP contribution in [0.3, 0.4) is 0 Å². The number of fused-ring (bicyclic) bond motifs is 1.